The summed E-state index contributed by atoms with van der Waals surface area (Å²) in [6.07, 6.45) is 0. The molecule has 0 radical (unpaired) electrons. The van der Waals surface area contributed by atoms with E-state index in [2.05, 4.69) is 5.32 Å². The number of halogens is 1. The molecule has 3 N–H and O–H groups in total. The van der Waals surface area contributed by atoms with Crippen LogP contribution in [0.5, 0.6) is 0 Å². The molecular formula is C26H23ClN2O3S2. The fraction of sp³-hybridized carbons (Fsp3) is 0.115. The molecule has 0 bridgehead atoms. The van der Waals surface area contributed by atoms with E-state index < -0.39 is 9.84 Å². The highest BCUT2D eigenvalue weighted by atomic mass is 35.5. The lowest BCUT2D eigenvalue weighted by Crippen LogP contribution is -2.08. The van der Waals surface area contributed by atoms with Gasteiger partial charge >= 0.3 is 0 Å². The van der Waals surface area contributed by atoms with Gasteiger partial charge in [0.2, 0.25) is 15.6 Å². The van der Waals surface area contributed by atoms with Gasteiger partial charge in [0.25, 0.3) is 0 Å². The number of hydrogen-bond donors (Lipinski definition) is 2. The Labute approximate surface area is 208 Å². The molecular weight excluding hydrogens is 488 g/mol. The number of carbonyl (C=O) groups is 1. The summed E-state index contributed by atoms with van der Waals surface area (Å²) in [6, 6.07) is 18.7. The van der Waals surface area contributed by atoms with Gasteiger partial charge in [-0.25, -0.2) is 8.42 Å². The third kappa shape index (κ3) is 4.59. The van der Waals surface area contributed by atoms with E-state index in [4.69, 9.17) is 17.3 Å². The van der Waals surface area contributed by atoms with Crippen molar-refractivity contribution in [3.8, 4) is 0 Å². The molecule has 0 aliphatic carbocycles. The molecule has 0 aliphatic rings. The minimum atomic E-state index is -4.01. The zero-order valence-corrected chi connectivity index (χ0v) is 21.2. The van der Waals surface area contributed by atoms with E-state index in [1.165, 1.54) is 0 Å². The minimum Gasteiger partial charge on any atom is -0.396 e. The topological polar surface area (TPSA) is 89.3 Å². The number of carbonyl (C=O) groups excluding carboxylic acids is 1. The number of nitrogens with two attached hydrogens (primary N) is 1. The van der Waals surface area contributed by atoms with Gasteiger partial charge in [-0.15, -0.1) is 11.3 Å². The Hall–Kier alpha value is -3.13. The molecule has 3 aromatic carbocycles. The van der Waals surface area contributed by atoms with E-state index in [1.807, 2.05) is 39.0 Å². The number of hydrogen-bond acceptors (Lipinski definition) is 6. The van der Waals surface area contributed by atoms with Crippen LogP contribution in [0.1, 0.15) is 31.9 Å². The van der Waals surface area contributed by atoms with Crippen molar-refractivity contribution in [1.29, 1.82) is 0 Å². The summed E-state index contributed by atoms with van der Waals surface area (Å²) in [5, 5.41) is 3.98. The van der Waals surface area contributed by atoms with Crippen LogP contribution in [-0.2, 0) is 9.84 Å². The van der Waals surface area contributed by atoms with Gasteiger partial charge < -0.3 is 11.1 Å². The van der Waals surface area contributed by atoms with E-state index in [1.54, 1.807) is 48.5 Å². The number of sulfone groups is 1. The van der Waals surface area contributed by atoms with Crippen LogP contribution in [0, 0.1) is 20.8 Å². The van der Waals surface area contributed by atoms with Crippen molar-refractivity contribution in [2.24, 2.45) is 0 Å². The molecule has 34 heavy (non-hydrogen) atoms. The van der Waals surface area contributed by atoms with Crippen molar-refractivity contribution in [2.45, 2.75) is 30.6 Å². The van der Waals surface area contributed by atoms with Crippen molar-refractivity contribution < 1.29 is 13.2 Å². The van der Waals surface area contributed by atoms with Crippen molar-refractivity contribution >= 4 is 54.9 Å². The predicted octanol–water partition coefficient (Wildman–Crippen LogP) is 6.72. The fourth-order valence-electron chi connectivity index (χ4n) is 3.46. The molecule has 0 spiro atoms. The van der Waals surface area contributed by atoms with E-state index in [0.29, 0.717) is 21.3 Å². The first-order valence-electron chi connectivity index (χ1n) is 10.5. The molecule has 4 rings (SSSR count). The molecule has 0 saturated heterocycles. The van der Waals surface area contributed by atoms with Gasteiger partial charge in [0.1, 0.15) is 14.8 Å². The molecule has 174 valence electrons. The van der Waals surface area contributed by atoms with E-state index in [0.717, 1.165) is 28.0 Å². The summed E-state index contributed by atoms with van der Waals surface area (Å²) in [4.78, 5) is 13.4. The Morgan fingerprint density at radius 3 is 2.18 bits per heavy atom. The summed E-state index contributed by atoms with van der Waals surface area (Å²) in [5.74, 6) is -0.368. The van der Waals surface area contributed by atoms with Crippen LogP contribution in [-0.4, -0.2) is 14.2 Å². The van der Waals surface area contributed by atoms with Crippen LogP contribution in [0.4, 0.5) is 16.4 Å². The lowest BCUT2D eigenvalue weighted by Gasteiger charge is -2.11. The average Bonchev–Trinajstić information content (AvgIpc) is 3.13. The Morgan fingerprint density at radius 1 is 0.912 bits per heavy atom. The molecule has 8 heteroatoms. The maximum atomic E-state index is 13.7. The third-order valence-electron chi connectivity index (χ3n) is 5.58. The van der Waals surface area contributed by atoms with Crippen LogP contribution in [0.15, 0.2) is 76.5 Å². The van der Waals surface area contributed by atoms with Gasteiger partial charge in [0.05, 0.1) is 10.6 Å². The second kappa shape index (κ2) is 9.25. The van der Waals surface area contributed by atoms with Crippen molar-refractivity contribution in [3.05, 3.63) is 98.9 Å². The van der Waals surface area contributed by atoms with Crippen LogP contribution in [0.25, 0.3) is 0 Å². The first kappa shape index (κ1) is 24.0. The number of nitrogens with one attached hydrogen (secondary N) is 1. The van der Waals surface area contributed by atoms with Crippen LogP contribution >= 0.6 is 22.9 Å². The molecule has 1 heterocycles. The second-order valence-electron chi connectivity index (χ2n) is 8.08. The van der Waals surface area contributed by atoms with Gasteiger partial charge in [-0.3, -0.25) is 4.79 Å². The number of anilines is 3. The number of benzene rings is 3. The monoisotopic (exact) mass is 510 g/mol. The lowest BCUT2D eigenvalue weighted by atomic mass is 10.1. The zero-order chi connectivity index (χ0) is 24.6. The smallest absolute Gasteiger partial charge is 0.211 e. The zero-order valence-electron chi connectivity index (χ0n) is 18.8. The molecule has 0 saturated carbocycles. The first-order valence-corrected chi connectivity index (χ1v) is 13.1. The highest BCUT2D eigenvalue weighted by Crippen LogP contribution is 2.44. The molecule has 0 amide bonds. The summed E-state index contributed by atoms with van der Waals surface area (Å²) in [5.41, 5.74) is 10.5. The highest BCUT2D eigenvalue weighted by molar-refractivity contribution is 7.92. The number of ketones is 1. The van der Waals surface area contributed by atoms with Crippen molar-refractivity contribution in [3.63, 3.8) is 0 Å². The number of nitrogen functional groups attached to an aromatic ring is 1. The van der Waals surface area contributed by atoms with E-state index in [-0.39, 0.29) is 26.1 Å². The summed E-state index contributed by atoms with van der Waals surface area (Å²) in [7, 11) is -4.01. The number of thiophene rings is 1. The van der Waals surface area contributed by atoms with Gasteiger partial charge in [-0.1, -0.05) is 35.4 Å². The highest BCUT2D eigenvalue weighted by Gasteiger charge is 2.31. The maximum Gasteiger partial charge on any atom is 0.211 e. The standard InChI is InChI=1S/C26H23ClN2O3S2/c1-15-4-12-21(13-5-15)34(31,32)25-22(28)24(23(30)18-7-9-19(27)10-8-18)33-26(25)29-20-11-6-16(2)17(3)14-20/h4-14,29H,28H2,1-3H3. The second-order valence-corrected chi connectivity index (χ2v) is 11.4. The lowest BCUT2D eigenvalue weighted by molar-refractivity contribution is 0.104. The van der Waals surface area contributed by atoms with Gasteiger partial charge in [-0.2, -0.15) is 0 Å². The molecule has 0 fully saturated rings. The Balaban J connectivity index is 1.88. The van der Waals surface area contributed by atoms with Crippen LogP contribution in [0.2, 0.25) is 5.02 Å². The largest absolute Gasteiger partial charge is 0.396 e. The minimum absolute atomic E-state index is 0.0724. The van der Waals surface area contributed by atoms with Crippen LogP contribution in [0.3, 0.4) is 0 Å². The molecule has 4 aromatic rings. The van der Waals surface area contributed by atoms with E-state index in [9.17, 15) is 13.2 Å². The number of rotatable bonds is 6. The Morgan fingerprint density at radius 2 is 1.56 bits per heavy atom. The molecule has 0 aliphatic heterocycles. The number of aryl methyl sites for hydroxylation is 3. The average molecular weight is 511 g/mol. The van der Waals surface area contributed by atoms with Gasteiger partial charge in [0.15, 0.2) is 0 Å². The van der Waals surface area contributed by atoms with Crippen molar-refractivity contribution in [2.75, 3.05) is 11.1 Å². The summed E-state index contributed by atoms with van der Waals surface area (Å²) >= 11 is 6.98. The SMILES string of the molecule is Cc1ccc(S(=O)(=O)c2c(Nc3ccc(C)c(C)c3)sc(C(=O)c3ccc(Cl)cc3)c2N)cc1. The fourth-order valence-corrected chi connectivity index (χ4v) is 6.52. The van der Waals surface area contributed by atoms with Crippen LogP contribution < -0.4 is 11.1 Å². The van der Waals surface area contributed by atoms with Crippen molar-refractivity contribution in [1.82, 2.24) is 0 Å². The molecule has 0 unspecified atom stereocenters. The summed E-state index contributed by atoms with van der Waals surface area (Å²) in [6.45, 7) is 5.85. The van der Waals surface area contributed by atoms with Gasteiger partial charge in [0, 0.05) is 16.3 Å². The molecule has 1 aromatic heterocycles. The third-order valence-corrected chi connectivity index (χ3v) is 8.93. The Bertz CT molecular complexity index is 1490. The normalized spacial score (nSPS) is 11.4. The Kier molecular flexibility index (Phi) is 6.53. The molecule has 0 atom stereocenters. The van der Waals surface area contributed by atoms with E-state index >= 15 is 0 Å². The quantitative estimate of drug-likeness (QED) is 0.281. The molecule has 5 nitrogen and oxygen atoms in total. The first-order chi connectivity index (χ1) is 16.1. The predicted molar refractivity (Wildman–Crippen MR) is 139 cm³/mol. The maximum absolute atomic E-state index is 13.7. The van der Waals surface area contributed by atoms with Gasteiger partial charge in [-0.05, 0) is 80.4 Å². The summed E-state index contributed by atoms with van der Waals surface area (Å²) < 4.78 is 27.3.